The van der Waals surface area contributed by atoms with Crippen LogP contribution < -0.4 is 0 Å². The number of phenolic OH excluding ortho intramolecular Hbond substituents is 1. The molecule has 0 atom stereocenters. The summed E-state index contributed by atoms with van der Waals surface area (Å²) in [6.07, 6.45) is 0.590. The molecule has 18 heavy (non-hydrogen) atoms. The van der Waals surface area contributed by atoms with Crippen LogP contribution in [-0.2, 0) is 11.3 Å². The van der Waals surface area contributed by atoms with Crippen molar-refractivity contribution in [1.29, 1.82) is 0 Å². The maximum atomic E-state index is 11.6. The Hall–Kier alpha value is -1.55. The largest absolute Gasteiger partial charge is 0.508 e. The van der Waals surface area contributed by atoms with Crippen LogP contribution in [0, 0.1) is 0 Å². The van der Waals surface area contributed by atoms with Gasteiger partial charge in [-0.05, 0) is 17.7 Å². The smallest absolute Gasteiger partial charge is 0.222 e. The lowest BCUT2D eigenvalue weighted by Gasteiger charge is -2.34. The molecule has 0 saturated carbocycles. The molecule has 1 aliphatic rings. The van der Waals surface area contributed by atoms with Crippen molar-refractivity contribution in [2.45, 2.75) is 19.9 Å². The van der Waals surface area contributed by atoms with Crippen LogP contribution >= 0.6 is 0 Å². The molecule has 2 rings (SSSR count). The molecule has 1 fully saturated rings. The first-order chi connectivity index (χ1) is 8.69. The first-order valence-corrected chi connectivity index (χ1v) is 6.47. The molecule has 0 radical (unpaired) electrons. The number of carbonyl (C=O) groups is 1. The number of phenols is 1. The van der Waals surface area contributed by atoms with Crippen LogP contribution in [0.3, 0.4) is 0 Å². The normalized spacial score (nSPS) is 16.8. The van der Waals surface area contributed by atoms with Gasteiger partial charge in [-0.25, -0.2) is 0 Å². The number of amides is 1. The Balaban J connectivity index is 1.85. The molecule has 0 spiro atoms. The van der Waals surface area contributed by atoms with Crippen LogP contribution in [-0.4, -0.2) is 47.0 Å². The number of nitrogens with zero attached hydrogens (tertiary/aromatic N) is 2. The quantitative estimate of drug-likeness (QED) is 0.880. The Morgan fingerprint density at radius 3 is 2.61 bits per heavy atom. The highest BCUT2D eigenvalue weighted by molar-refractivity contribution is 5.75. The Morgan fingerprint density at radius 2 is 2.00 bits per heavy atom. The summed E-state index contributed by atoms with van der Waals surface area (Å²) in [4.78, 5) is 15.8. The van der Waals surface area contributed by atoms with Crippen molar-refractivity contribution in [3.8, 4) is 5.75 Å². The van der Waals surface area contributed by atoms with Gasteiger partial charge in [-0.3, -0.25) is 9.69 Å². The van der Waals surface area contributed by atoms with Crippen molar-refractivity contribution in [3.63, 3.8) is 0 Å². The van der Waals surface area contributed by atoms with Crippen LogP contribution in [0.2, 0.25) is 0 Å². The number of hydrogen-bond donors (Lipinski definition) is 1. The lowest BCUT2D eigenvalue weighted by atomic mass is 10.2. The second kappa shape index (κ2) is 5.87. The Labute approximate surface area is 108 Å². The molecule has 4 nitrogen and oxygen atoms in total. The molecule has 1 amide bonds. The van der Waals surface area contributed by atoms with E-state index < -0.39 is 0 Å². The summed E-state index contributed by atoms with van der Waals surface area (Å²) < 4.78 is 0. The van der Waals surface area contributed by atoms with Gasteiger partial charge in [-0.2, -0.15) is 0 Å². The highest BCUT2D eigenvalue weighted by atomic mass is 16.3. The lowest BCUT2D eigenvalue weighted by molar-refractivity contribution is -0.132. The third-order valence-electron chi connectivity index (χ3n) is 3.34. The molecule has 0 aromatic heterocycles. The maximum Gasteiger partial charge on any atom is 0.222 e. The van der Waals surface area contributed by atoms with Crippen LogP contribution in [0.15, 0.2) is 24.3 Å². The molecule has 1 aliphatic heterocycles. The topological polar surface area (TPSA) is 43.8 Å². The molecule has 0 unspecified atom stereocenters. The number of aromatic hydroxyl groups is 1. The number of carbonyl (C=O) groups excluding carboxylic acids is 1. The molecule has 4 heteroatoms. The van der Waals surface area contributed by atoms with Gasteiger partial charge >= 0.3 is 0 Å². The molecule has 1 aromatic rings. The van der Waals surface area contributed by atoms with Crippen LogP contribution in [0.4, 0.5) is 0 Å². The third kappa shape index (κ3) is 3.23. The van der Waals surface area contributed by atoms with Crippen molar-refractivity contribution in [1.82, 2.24) is 9.80 Å². The molecule has 1 N–H and O–H groups in total. The van der Waals surface area contributed by atoms with E-state index >= 15 is 0 Å². The number of piperazine rings is 1. The molecule has 1 aromatic carbocycles. The van der Waals surface area contributed by atoms with Gasteiger partial charge < -0.3 is 10.0 Å². The van der Waals surface area contributed by atoms with Crippen LogP contribution in [0.5, 0.6) is 5.75 Å². The zero-order valence-corrected chi connectivity index (χ0v) is 10.8. The van der Waals surface area contributed by atoms with Crippen molar-refractivity contribution >= 4 is 5.91 Å². The van der Waals surface area contributed by atoms with Crippen molar-refractivity contribution in [2.24, 2.45) is 0 Å². The van der Waals surface area contributed by atoms with Crippen molar-refractivity contribution in [2.75, 3.05) is 26.2 Å². The molecule has 0 bridgehead atoms. The van der Waals surface area contributed by atoms with Gasteiger partial charge in [0.05, 0.1) is 0 Å². The van der Waals surface area contributed by atoms with Gasteiger partial charge in [0.25, 0.3) is 0 Å². The monoisotopic (exact) mass is 248 g/mol. The van der Waals surface area contributed by atoms with Crippen LogP contribution in [0.25, 0.3) is 0 Å². The Morgan fingerprint density at radius 1 is 1.28 bits per heavy atom. The van der Waals surface area contributed by atoms with E-state index in [2.05, 4.69) is 4.90 Å². The average Bonchev–Trinajstić information content (AvgIpc) is 2.39. The molecule has 1 saturated heterocycles. The number of rotatable bonds is 3. The summed E-state index contributed by atoms with van der Waals surface area (Å²) in [5.74, 6) is 0.555. The van der Waals surface area contributed by atoms with Gasteiger partial charge in [0.15, 0.2) is 0 Å². The minimum absolute atomic E-state index is 0.243. The average molecular weight is 248 g/mol. The minimum atomic E-state index is 0.243. The first kappa shape index (κ1) is 12.9. The summed E-state index contributed by atoms with van der Waals surface area (Å²) >= 11 is 0. The van der Waals surface area contributed by atoms with E-state index in [9.17, 15) is 9.90 Å². The lowest BCUT2D eigenvalue weighted by Crippen LogP contribution is -2.48. The predicted octanol–water partition coefficient (Wildman–Crippen LogP) is 1.45. The summed E-state index contributed by atoms with van der Waals surface area (Å²) in [5.41, 5.74) is 1.12. The van der Waals surface area contributed by atoms with Crippen molar-refractivity contribution in [3.05, 3.63) is 29.8 Å². The summed E-state index contributed by atoms with van der Waals surface area (Å²) in [6, 6.07) is 7.36. The second-order valence-corrected chi connectivity index (χ2v) is 4.68. The van der Waals surface area contributed by atoms with E-state index in [0.717, 1.165) is 38.3 Å². The second-order valence-electron chi connectivity index (χ2n) is 4.68. The molecule has 1 heterocycles. The standard InChI is InChI=1S/C14H20N2O2/c1-2-14(18)16-8-6-15(7-9-16)11-12-4-3-5-13(17)10-12/h3-5,10,17H,2,6-9,11H2,1H3. The van der Waals surface area contributed by atoms with E-state index in [0.29, 0.717) is 12.2 Å². The minimum Gasteiger partial charge on any atom is -0.508 e. The molecular weight excluding hydrogens is 228 g/mol. The van der Waals surface area contributed by atoms with Crippen LogP contribution in [0.1, 0.15) is 18.9 Å². The molecule has 0 aliphatic carbocycles. The maximum absolute atomic E-state index is 11.6. The molecule has 98 valence electrons. The fourth-order valence-corrected chi connectivity index (χ4v) is 2.29. The van der Waals surface area contributed by atoms with Gasteiger partial charge in [-0.1, -0.05) is 19.1 Å². The fourth-order valence-electron chi connectivity index (χ4n) is 2.29. The number of hydrogen-bond acceptors (Lipinski definition) is 3. The van der Waals surface area contributed by atoms with E-state index in [1.165, 1.54) is 0 Å². The van der Waals surface area contributed by atoms with Gasteiger partial charge in [0.1, 0.15) is 5.75 Å². The summed E-state index contributed by atoms with van der Waals surface area (Å²) in [6.45, 7) is 6.17. The summed E-state index contributed by atoms with van der Waals surface area (Å²) in [7, 11) is 0. The van der Waals surface area contributed by atoms with E-state index in [1.54, 1.807) is 12.1 Å². The number of benzene rings is 1. The zero-order chi connectivity index (χ0) is 13.0. The SMILES string of the molecule is CCC(=O)N1CCN(Cc2cccc(O)c2)CC1. The van der Waals surface area contributed by atoms with Gasteiger partial charge in [-0.15, -0.1) is 0 Å². The fraction of sp³-hybridized carbons (Fsp3) is 0.500. The Kier molecular flexibility index (Phi) is 4.20. The highest BCUT2D eigenvalue weighted by Crippen LogP contribution is 2.14. The zero-order valence-electron chi connectivity index (χ0n) is 10.8. The van der Waals surface area contributed by atoms with E-state index in [-0.39, 0.29) is 5.91 Å². The van der Waals surface area contributed by atoms with Crippen molar-refractivity contribution < 1.29 is 9.90 Å². The van der Waals surface area contributed by atoms with E-state index in [4.69, 9.17) is 0 Å². The summed E-state index contributed by atoms with van der Waals surface area (Å²) in [5, 5.41) is 9.42. The third-order valence-corrected chi connectivity index (χ3v) is 3.34. The molecular formula is C14H20N2O2. The highest BCUT2D eigenvalue weighted by Gasteiger charge is 2.19. The van der Waals surface area contributed by atoms with Gasteiger partial charge in [0, 0.05) is 39.1 Å². The van der Waals surface area contributed by atoms with Gasteiger partial charge in [0.2, 0.25) is 5.91 Å². The van der Waals surface area contributed by atoms with E-state index in [1.807, 2.05) is 24.0 Å². The first-order valence-electron chi connectivity index (χ1n) is 6.47. The Bertz CT molecular complexity index is 412. The predicted molar refractivity (Wildman–Crippen MR) is 70.3 cm³/mol.